The van der Waals surface area contributed by atoms with Crippen molar-refractivity contribution < 1.29 is 9.47 Å². The van der Waals surface area contributed by atoms with Crippen molar-refractivity contribution in [2.75, 3.05) is 20.3 Å². The second kappa shape index (κ2) is 4.84. The third-order valence-corrected chi connectivity index (χ3v) is 2.30. The number of fused-ring (bicyclic) bond motifs is 1. The Morgan fingerprint density at radius 1 is 1.20 bits per heavy atom. The molecule has 0 spiro atoms. The maximum Gasteiger partial charge on any atom is 0.143 e. The van der Waals surface area contributed by atoms with Gasteiger partial charge in [0.05, 0.1) is 12.1 Å². The molecule has 3 heteroatoms. The van der Waals surface area contributed by atoms with E-state index in [4.69, 9.17) is 9.47 Å². The summed E-state index contributed by atoms with van der Waals surface area (Å²) in [5, 5.41) is 1.18. The number of rotatable bonds is 5. The Labute approximate surface area is 89.0 Å². The standard InChI is InChI=1S/C12H15NO2/c1-14-8-3-9-15-11-5-2-4-10-6-7-13-12(10)11/h2,4-7,13H,3,8-9H2,1H3. The molecule has 1 aromatic carbocycles. The molecule has 0 bridgehead atoms. The average Bonchev–Trinajstić information content (AvgIpc) is 2.73. The summed E-state index contributed by atoms with van der Waals surface area (Å²) in [7, 11) is 1.70. The molecule has 0 aliphatic rings. The summed E-state index contributed by atoms with van der Waals surface area (Å²) in [6.45, 7) is 1.42. The summed E-state index contributed by atoms with van der Waals surface area (Å²) in [4.78, 5) is 3.17. The zero-order valence-electron chi connectivity index (χ0n) is 8.82. The second-order valence-corrected chi connectivity index (χ2v) is 3.39. The maximum atomic E-state index is 5.67. The second-order valence-electron chi connectivity index (χ2n) is 3.39. The van der Waals surface area contributed by atoms with Gasteiger partial charge in [-0.05, 0) is 12.1 Å². The van der Waals surface area contributed by atoms with Gasteiger partial charge in [0.25, 0.3) is 0 Å². The summed E-state index contributed by atoms with van der Waals surface area (Å²) in [6.07, 6.45) is 2.83. The lowest BCUT2D eigenvalue weighted by Crippen LogP contribution is -2.01. The molecule has 0 saturated heterocycles. The fourth-order valence-corrected chi connectivity index (χ4v) is 1.56. The lowest BCUT2D eigenvalue weighted by molar-refractivity contribution is 0.172. The fraction of sp³-hybridized carbons (Fsp3) is 0.333. The topological polar surface area (TPSA) is 34.2 Å². The molecule has 80 valence electrons. The van der Waals surface area contributed by atoms with Gasteiger partial charge in [0.2, 0.25) is 0 Å². The molecule has 0 aliphatic heterocycles. The van der Waals surface area contributed by atoms with Crippen LogP contribution in [0.1, 0.15) is 6.42 Å². The Hall–Kier alpha value is -1.48. The maximum absolute atomic E-state index is 5.67. The molecule has 0 aliphatic carbocycles. The number of hydrogen-bond donors (Lipinski definition) is 1. The van der Waals surface area contributed by atoms with Gasteiger partial charge in [-0.1, -0.05) is 12.1 Å². The van der Waals surface area contributed by atoms with Crippen molar-refractivity contribution in [2.45, 2.75) is 6.42 Å². The number of aromatic nitrogens is 1. The van der Waals surface area contributed by atoms with Gasteiger partial charge in [-0.3, -0.25) is 0 Å². The van der Waals surface area contributed by atoms with Gasteiger partial charge in [-0.2, -0.15) is 0 Å². The molecule has 0 fully saturated rings. The predicted molar refractivity (Wildman–Crippen MR) is 60.3 cm³/mol. The summed E-state index contributed by atoms with van der Waals surface area (Å²) in [5.41, 5.74) is 1.06. The van der Waals surface area contributed by atoms with Gasteiger partial charge in [0.15, 0.2) is 0 Å². The molecule has 0 amide bonds. The van der Waals surface area contributed by atoms with E-state index in [0.29, 0.717) is 6.61 Å². The highest BCUT2D eigenvalue weighted by molar-refractivity contribution is 5.85. The first-order valence-corrected chi connectivity index (χ1v) is 5.09. The third kappa shape index (κ3) is 2.30. The number of H-pyrrole nitrogens is 1. The van der Waals surface area contributed by atoms with Crippen LogP contribution in [0.4, 0.5) is 0 Å². The number of para-hydroxylation sites is 1. The van der Waals surface area contributed by atoms with Crippen LogP contribution in [0.15, 0.2) is 30.5 Å². The van der Waals surface area contributed by atoms with E-state index in [0.717, 1.165) is 24.3 Å². The quantitative estimate of drug-likeness (QED) is 0.761. The highest BCUT2D eigenvalue weighted by atomic mass is 16.5. The number of aromatic amines is 1. The van der Waals surface area contributed by atoms with E-state index in [1.54, 1.807) is 7.11 Å². The average molecular weight is 205 g/mol. The molecule has 0 atom stereocenters. The first-order chi connectivity index (χ1) is 7.42. The lowest BCUT2D eigenvalue weighted by atomic mass is 10.2. The van der Waals surface area contributed by atoms with E-state index in [1.807, 2.05) is 24.4 Å². The number of hydrogen-bond acceptors (Lipinski definition) is 2. The van der Waals surface area contributed by atoms with E-state index in [1.165, 1.54) is 5.39 Å². The Balaban J connectivity index is 2.04. The van der Waals surface area contributed by atoms with Crippen LogP contribution >= 0.6 is 0 Å². The molecular formula is C12H15NO2. The van der Waals surface area contributed by atoms with Gasteiger partial charge in [0, 0.05) is 31.7 Å². The monoisotopic (exact) mass is 205 g/mol. The van der Waals surface area contributed by atoms with Crippen molar-refractivity contribution >= 4 is 10.9 Å². The molecule has 0 unspecified atom stereocenters. The number of benzene rings is 1. The molecule has 2 rings (SSSR count). The zero-order valence-corrected chi connectivity index (χ0v) is 8.82. The largest absolute Gasteiger partial charge is 0.491 e. The molecule has 0 radical (unpaired) electrons. The summed E-state index contributed by atoms with van der Waals surface area (Å²) in [5.74, 6) is 0.911. The smallest absolute Gasteiger partial charge is 0.143 e. The van der Waals surface area contributed by atoms with Crippen molar-refractivity contribution in [3.05, 3.63) is 30.5 Å². The van der Waals surface area contributed by atoms with Gasteiger partial charge < -0.3 is 14.5 Å². The highest BCUT2D eigenvalue weighted by Gasteiger charge is 2.01. The molecular weight excluding hydrogens is 190 g/mol. The first-order valence-electron chi connectivity index (χ1n) is 5.09. The Kier molecular flexibility index (Phi) is 3.25. The fourth-order valence-electron chi connectivity index (χ4n) is 1.56. The SMILES string of the molecule is COCCCOc1cccc2cc[nH]c12. The zero-order chi connectivity index (χ0) is 10.5. The number of ether oxygens (including phenoxy) is 2. The van der Waals surface area contributed by atoms with Crippen molar-refractivity contribution in [3.8, 4) is 5.75 Å². The predicted octanol–water partition coefficient (Wildman–Crippen LogP) is 2.58. The minimum Gasteiger partial charge on any atom is -0.491 e. The first kappa shape index (κ1) is 10.1. The van der Waals surface area contributed by atoms with Crippen molar-refractivity contribution in [2.24, 2.45) is 0 Å². The van der Waals surface area contributed by atoms with Crippen LogP contribution in [0.25, 0.3) is 10.9 Å². The van der Waals surface area contributed by atoms with E-state index in [9.17, 15) is 0 Å². The molecule has 15 heavy (non-hydrogen) atoms. The number of nitrogens with one attached hydrogen (secondary N) is 1. The Morgan fingerprint density at radius 2 is 2.13 bits per heavy atom. The summed E-state index contributed by atoms with van der Waals surface area (Å²) < 4.78 is 10.6. The van der Waals surface area contributed by atoms with Gasteiger partial charge in [0.1, 0.15) is 5.75 Å². The number of methoxy groups -OCH3 is 1. The van der Waals surface area contributed by atoms with Crippen LogP contribution < -0.4 is 4.74 Å². The summed E-state index contributed by atoms with van der Waals surface area (Å²) in [6, 6.07) is 8.08. The van der Waals surface area contributed by atoms with Crippen LogP contribution in [-0.2, 0) is 4.74 Å². The Morgan fingerprint density at radius 3 is 3.00 bits per heavy atom. The van der Waals surface area contributed by atoms with Gasteiger partial charge in [-0.15, -0.1) is 0 Å². The van der Waals surface area contributed by atoms with E-state index in [-0.39, 0.29) is 0 Å². The van der Waals surface area contributed by atoms with Crippen LogP contribution in [-0.4, -0.2) is 25.3 Å². The van der Waals surface area contributed by atoms with Crippen molar-refractivity contribution in [3.63, 3.8) is 0 Å². The Bertz CT molecular complexity index is 422. The van der Waals surface area contributed by atoms with E-state index in [2.05, 4.69) is 11.1 Å². The van der Waals surface area contributed by atoms with Crippen molar-refractivity contribution in [1.82, 2.24) is 4.98 Å². The van der Waals surface area contributed by atoms with Crippen LogP contribution in [0.2, 0.25) is 0 Å². The molecule has 3 nitrogen and oxygen atoms in total. The van der Waals surface area contributed by atoms with Gasteiger partial charge in [-0.25, -0.2) is 0 Å². The molecule has 1 aromatic heterocycles. The molecule has 2 aromatic rings. The van der Waals surface area contributed by atoms with Crippen molar-refractivity contribution in [1.29, 1.82) is 0 Å². The molecule has 1 N–H and O–H groups in total. The normalized spacial score (nSPS) is 10.7. The highest BCUT2D eigenvalue weighted by Crippen LogP contribution is 2.23. The van der Waals surface area contributed by atoms with Gasteiger partial charge >= 0.3 is 0 Å². The third-order valence-electron chi connectivity index (χ3n) is 2.30. The lowest BCUT2D eigenvalue weighted by Gasteiger charge is -2.06. The molecule has 1 heterocycles. The summed E-state index contributed by atoms with van der Waals surface area (Å²) >= 11 is 0. The minimum atomic E-state index is 0.686. The van der Waals surface area contributed by atoms with Crippen LogP contribution in [0.5, 0.6) is 5.75 Å². The van der Waals surface area contributed by atoms with E-state index >= 15 is 0 Å². The van der Waals surface area contributed by atoms with Crippen LogP contribution in [0.3, 0.4) is 0 Å². The molecule has 0 saturated carbocycles. The van der Waals surface area contributed by atoms with E-state index < -0.39 is 0 Å². The van der Waals surface area contributed by atoms with Crippen LogP contribution in [0, 0.1) is 0 Å². The minimum absolute atomic E-state index is 0.686.